The van der Waals surface area contributed by atoms with Gasteiger partial charge in [-0.05, 0) is 82.9 Å². The Labute approximate surface area is 235 Å². The van der Waals surface area contributed by atoms with E-state index in [9.17, 15) is 14.4 Å². The third-order valence-electron chi connectivity index (χ3n) is 7.95. The highest BCUT2D eigenvalue weighted by Gasteiger charge is 2.54. The number of benzene rings is 5. The molecule has 0 unspecified atom stereocenters. The molecule has 1 spiro atoms. The minimum atomic E-state index is -1.35. The lowest BCUT2D eigenvalue weighted by atomic mass is 9.76. The number of carbonyl (C=O) groups is 3. The van der Waals surface area contributed by atoms with E-state index in [4.69, 9.17) is 18.9 Å². The van der Waals surface area contributed by atoms with Crippen LogP contribution in [0.1, 0.15) is 52.0 Å². The lowest BCUT2D eigenvalue weighted by Crippen LogP contribution is -2.33. The first-order valence-electron chi connectivity index (χ1n) is 13.2. The molecule has 2 aliphatic rings. The van der Waals surface area contributed by atoms with E-state index in [1.54, 1.807) is 36.4 Å². The van der Waals surface area contributed by atoms with Crippen molar-refractivity contribution in [1.29, 1.82) is 0 Å². The fraction of sp³-hybridized carbons (Fsp3) is 0.147. The summed E-state index contributed by atoms with van der Waals surface area (Å²) in [6.45, 7) is 6.79. The second kappa shape index (κ2) is 8.66. The van der Waals surface area contributed by atoms with E-state index in [-0.39, 0.29) is 11.5 Å². The van der Waals surface area contributed by atoms with Crippen molar-refractivity contribution in [2.24, 2.45) is 0 Å². The van der Waals surface area contributed by atoms with Crippen molar-refractivity contribution in [1.82, 2.24) is 0 Å². The van der Waals surface area contributed by atoms with Gasteiger partial charge in [0.05, 0.1) is 5.56 Å². The van der Waals surface area contributed by atoms with Crippen LogP contribution in [0.2, 0.25) is 0 Å². The Morgan fingerprint density at radius 1 is 0.659 bits per heavy atom. The molecule has 0 atom stereocenters. The van der Waals surface area contributed by atoms with Gasteiger partial charge in [-0.25, -0.2) is 4.79 Å². The van der Waals surface area contributed by atoms with Gasteiger partial charge in [-0.2, -0.15) is 0 Å². The van der Waals surface area contributed by atoms with Crippen LogP contribution in [0.4, 0.5) is 0 Å². The van der Waals surface area contributed by atoms with Crippen molar-refractivity contribution in [3.63, 3.8) is 0 Å². The first-order chi connectivity index (χ1) is 19.7. The fourth-order valence-corrected chi connectivity index (χ4v) is 6.24. The quantitative estimate of drug-likeness (QED) is 0.134. The van der Waals surface area contributed by atoms with Crippen LogP contribution in [-0.2, 0) is 19.9 Å². The van der Waals surface area contributed by atoms with Gasteiger partial charge < -0.3 is 18.9 Å². The SMILES string of the molecule is CC(=O)Oc1ccc2c(c1)Oc1cc(OC(C)=O)ccc1C21OC(=O)c2cc3c(C)c4ccccc4c(C)c3cc21. The zero-order chi connectivity index (χ0) is 28.6. The summed E-state index contributed by atoms with van der Waals surface area (Å²) in [5, 5.41) is 4.27. The van der Waals surface area contributed by atoms with E-state index < -0.39 is 23.5 Å². The van der Waals surface area contributed by atoms with Crippen molar-refractivity contribution in [2.75, 3.05) is 0 Å². The molecule has 2 heterocycles. The van der Waals surface area contributed by atoms with Crippen molar-refractivity contribution in [2.45, 2.75) is 33.3 Å². The predicted octanol–water partition coefficient (Wildman–Crippen LogP) is 7.03. The molecule has 5 aromatic rings. The third kappa shape index (κ3) is 3.55. The summed E-state index contributed by atoms with van der Waals surface area (Å²) in [5.41, 5.74) is 3.15. The Balaban J connectivity index is 1.55. The maximum Gasteiger partial charge on any atom is 0.340 e. The summed E-state index contributed by atoms with van der Waals surface area (Å²) in [7, 11) is 0. The van der Waals surface area contributed by atoms with E-state index in [1.807, 2.05) is 24.3 Å². The highest BCUT2D eigenvalue weighted by Crippen LogP contribution is 2.58. The van der Waals surface area contributed by atoms with Crippen LogP contribution in [0.15, 0.2) is 72.8 Å². The molecule has 7 nitrogen and oxygen atoms in total. The van der Waals surface area contributed by atoms with Gasteiger partial charge in [0.25, 0.3) is 0 Å². The summed E-state index contributed by atoms with van der Waals surface area (Å²) in [4.78, 5) is 37.0. The molecule has 0 fully saturated rings. The van der Waals surface area contributed by atoms with Crippen molar-refractivity contribution < 1.29 is 33.3 Å². The maximum atomic E-state index is 13.7. The smallest absolute Gasteiger partial charge is 0.340 e. The van der Waals surface area contributed by atoms with Crippen LogP contribution in [-0.4, -0.2) is 17.9 Å². The third-order valence-corrected chi connectivity index (χ3v) is 7.95. The Hall–Kier alpha value is -5.17. The molecule has 0 aromatic heterocycles. The molecular weight excluding hydrogens is 520 g/mol. The topological polar surface area (TPSA) is 88.1 Å². The van der Waals surface area contributed by atoms with Gasteiger partial charge in [-0.3, -0.25) is 9.59 Å². The average Bonchev–Trinajstić information content (AvgIpc) is 3.21. The highest BCUT2D eigenvalue weighted by molar-refractivity contribution is 6.09. The van der Waals surface area contributed by atoms with Crippen molar-refractivity contribution in [3.8, 4) is 23.0 Å². The van der Waals surface area contributed by atoms with Crippen LogP contribution < -0.4 is 14.2 Å². The monoisotopic (exact) mass is 544 g/mol. The van der Waals surface area contributed by atoms with Crippen molar-refractivity contribution >= 4 is 39.5 Å². The lowest BCUT2D eigenvalue weighted by molar-refractivity contribution is -0.132. The Morgan fingerprint density at radius 3 is 1.68 bits per heavy atom. The molecule has 7 heteroatoms. The molecule has 41 heavy (non-hydrogen) atoms. The average molecular weight is 545 g/mol. The van der Waals surface area contributed by atoms with Gasteiger partial charge in [-0.1, -0.05) is 24.3 Å². The zero-order valence-electron chi connectivity index (χ0n) is 22.8. The minimum absolute atomic E-state index is 0.284. The second-order valence-corrected chi connectivity index (χ2v) is 10.4. The van der Waals surface area contributed by atoms with Gasteiger partial charge in [0.1, 0.15) is 23.0 Å². The van der Waals surface area contributed by atoms with E-state index in [0.29, 0.717) is 33.8 Å². The van der Waals surface area contributed by atoms with Crippen molar-refractivity contribution in [3.05, 3.63) is 106 Å². The first-order valence-corrected chi connectivity index (χ1v) is 13.2. The van der Waals surface area contributed by atoms with Gasteiger partial charge in [0.2, 0.25) is 0 Å². The van der Waals surface area contributed by atoms with Gasteiger partial charge in [-0.15, -0.1) is 0 Å². The molecule has 0 aliphatic carbocycles. The molecule has 202 valence electrons. The molecule has 0 saturated heterocycles. The van der Waals surface area contributed by atoms with Crippen LogP contribution in [0.5, 0.6) is 23.0 Å². The number of carbonyl (C=O) groups excluding carboxylic acids is 3. The van der Waals surface area contributed by atoms with Gasteiger partial charge in [0.15, 0.2) is 5.60 Å². The predicted molar refractivity (Wildman–Crippen MR) is 152 cm³/mol. The number of rotatable bonds is 2. The zero-order valence-corrected chi connectivity index (χ0v) is 22.8. The van der Waals surface area contributed by atoms with E-state index in [1.165, 1.54) is 13.8 Å². The molecule has 0 amide bonds. The molecule has 0 bridgehead atoms. The fourth-order valence-electron chi connectivity index (χ4n) is 6.24. The number of hydrogen-bond donors (Lipinski definition) is 0. The molecule has 0 N–H and O–H groups in total. The summed E-state index contributed by atoms with van der Waals surface area (Å²) in [6, 6.07) is 22.2. The maximum absolute atomic E-state index is 13.7. The minimum Gasteiger partial charge on any atom is -0.456 e. The van der Waals surface area contributed by atoms with Crippen LogP contribution >= 0.6 is 0 Å². The van der Waals surface area contributed by atoms with Gasteiger partial charge in [0, 0.05) is 42.7 Å². The first kappa shape index (κ1) is 24.8. The number of fused-ring (bicyclic) bond motifs is 8. The standard InChI is InChI=1S/C34H24O7/c1-17-23-7-5-6-8-24(23)18(2)26-16-30-27(15-25(17)26)33(37)41-34(30)28-11-9-21(38-19(3)35)13-31(28)40-32-14-22(39-20(4)36)10-12-29(32)34/h5-16H,1-4H3. The van der Waals surface area contributed by atoms with E-state index in [0.717, 1.165) is 32.7 Å². The number of esters is 3. The molecule has 0 saturated carbocycles. The van der Waals surface area contributed by atoms with Gasteiger partial charge >= 0.3 is 17.9 Å². The summed E-state index contributed by atoms with van der Waals surface area (Å²) in [5.74, 6) is -0.143. The second-order valence-electron chi connectivity index (χ2n) is 10.4. The Kier molecular flexibility index (Phi) is 5.25. The highest BCUT2D eigenvalue weighted by atomic mass is 16.6. The summed E-state index contributed by atoms with van der Waals surface area (Å²) in [6.07, 6.45) is 0. The Bertz CT molecular complexity index is 1940. The van der Waals surface area contributed by atoms with E-state index in [2.05, 4.69) is 26.0 Å². The Morgan fingerprint density at radius 2 is 1.17 bits per heavy atom. The van der Waals surface area contributed by atoms with Crippen LogP contribution in [0, 0.1) is 13.8 Å². The molecule has 5 aromatic carbocycles. The summed E-state index contributed by atoms with van der Waals surface area (Å²) < 4.78 is 23.3. The van der Waals surface area contributed by atoms with Crippen LogP contribution in [0.25, 0.3) is 21.5 Å². The van der Waals surface area contributed by atoms with Crippen LogP contribution in [0.3, 0.4) is 0 Å². The lowest BCUT2D eigenvalue weighted by Gasteiger charge is -2.36. The number of ether oxygens (including phenoxy) is 4. The molecule has 0 radical (unpaired) electrons. The molecule has 2 aliphatic heterocycles. The summed E-state index contributed by atoms with van der Waals surface area (Å²) >= 11 is 0. The van der Waals surface area contributed by atoms with E-state index >= 15 is 0 Å². The molecule has 7 rings (SSSR count). The normalized spacial score (nSPS) is 14.2. The molecular formula is C34H24O7. The number of aryl methyl sites for hydroxylation is 2. The largest absolute Gasteiger partial charge is 0.456 e. The number of hydrogen-bond acceptors (Lipinski definition) is 7.